The summed E-state index contributed by atoms with van der Waals surface area (Å²) < 4.78 is 18.3. The van der Waals surface area contributed by atoms with Gasteiger partial charge in [0.05, 0.1) is 7.11 Å². The standard InChI is InChI=1S/C10H15FO3/c1-14-9(13)5-7-10(11)6-3-2-4-8(10)12/h2-7H2,1H3. The van der Waals surface area contributed by atoms with Crippen LogP contribution in [0.15, 0.2) is 0 Å². The fraction of sp³-hybridized carbons (Fsp3) is 0.800. The maximum absolute atomic E-state index is 13.9. The van der Waals surface area contributed by atoms with Crippen molar-refractivity contribution in [2.75, 3.05) is 7.11 Å². The van der Waals surface area contributed by atoms with Gasteiger partial charge in [0, 0.05) is 12.8 Å². The molecule has 0 aliphatic heterocycles. The van der Waals surface area contributed by atoms with Gasteiger partial charge in [-0.05, 0) is 25.7 Å². The van der Waals surface area contributed by atoms with E-state index < -0.39 is 11.6 Å². The predicted octanol–water partition coefficient (Wildman–Crippen LogP) is 1.79. The second-order valence-electron chi connectivity index (χ2n) is 3.67. The number of methoxy groups -OCH3 is 1. The Hall–Kier alpha value is -0.930. The molecule has 0 bridgehead atoms. The molecule has 1 aliphatic carbocycles. The summed E-state index contributed by atoms with van der Waals surface area (Å²) in [5, 5.41) is 0. The van der Waals surface area contributed by atoms with Gasteiger partial charge in [-0.3, -0.25) is 9.59 Å². The molecule has 3 nitrogen and oxygen atoms in total. The van der Waals surface area contributed by atoms with Crippen LogP contribution in [0.1, 0.15) is 38.5 Å². The zero-order chi connectivity index (χ0) is 10.6. The summed E-state index contributed by atoms with van der Waals surface area (Å²) >= 11 is 0. The molecule has 0 radical (unpaired) electrons. The molecule has 0 N–H and O–H groups in total. The second-order valence-corrected chi connectivity index (χ2v) is 3.67. The van der Waals surface area contributed by atoms with E-state index in [0.717, 1.165) is 12.8 Å². The zero-order valence-corrected chi connectivity index (χ0v) is 8.35. The molecule has 0 spiro atoms. The fourth-order valence-corrected chi connectivity index (χ4v) is 1.72. The normalized spacial score (nSPS) is 27.4. The van der Waals surface area contributed by atoms with Crippen LogP contribution in [-0.2, 0) is 14.3 Å². The Labute approximate surface area is 82.6 Å². The van der Waals surface area contributed by atoms with Gasteiger partial charge in [-0.1, -0.05) is 0 Å². The monoisotopic (exact) mass is 202 g/mol. The van der Waals surface area contributed by atoms with Crippen LogP contribution in [0.25, 0.3) is 0 Å². The van der Waals surface area contributed by atoms with Crippen molar-refractivity contribution in [3.63, 3.8) is 0 Å². The Bertz CT molecular complexity index is 240. The second kappa shape index (κ2) is 4.53. The smallest absolute Gasteiger partial charge is 0.305 e. The van der Waals surface area contributed by atoms with E-state index in [1.165, 1.54) is 7.11 Å². The van der Waals surface area contributed by atoms with Crippen molar-refractivity contribution in [1.82, 2.24) is 0 Å². The van der Waals surface area contributed by atoms with E-state index >= 15 is 0 Å². The summed E-state index contributed by atoms with van der Waals surface area (Å²) in [6.45, 7) is 0. The molecule has 0 heterocycles. The van der Waals surface area contributed by atoms with E-state index in [1.54, 1.807) is 0 Å². The number of hydrogen-bond donors (Lipinski definition) is 0. The molecule has 1 fully saturated rings. The number of halogens is 1. The number of ketones is 1. The van der Waals surface area contributed by atoms with Crippen LogP contribution in [0.4, 0.5) is 4.39 Å². The lowest BCUT2D eigenvalue weighted by Gasteiger charge is -2.27. The third kappa shape index (κ3) is 2.53. The Morgan fingerprint density at radius 1 is 1.57 bits per heavy atom. The Kier molecular flexibility index (Phi) is 3.61. The SMILES string of the molecule is COC(=O)CCC1(F)CCCCC1=O. The molecular weight excluding hydrogens is 187 g/mol. The van der Waals surface area contributed by atoms with Gasteiger partial charge in [0.25, 0.3) is 0 Å². The van der Waals surface area contributed by atoms with Gasteiger partial charge in [-0.2, -0.15) is 0 Å². The third-order valence-electron chi connectivity index (χ3n) is 2.68. The predicted molar refractivity (Wildman–Crippen MR) is 48.6 cm³/mol. The summed E-state index contributed by atoms with van der Waals surface area (Å²) in [6, 6.07) is 0. The van der Waals surface area contributed by atoms with Crippen LogP contribution in [0, 0.1) is 0 Å². The molecule has 1 unspecified atom stereocenters. The van der Waals surface area contributed by atoms with Crippen molar-refractivity contribution in [3.05, 3.63) is 0 Å². The quantitative estimate of drug-likeness (QED) is 0.655. The highest BCUT2D eigenvalue weighted by Crippen LogP contribution is 2.32. The Balaban J connectivity index is 2.47. The molecule has 1 saturated carbocycles. The van der Waals surface area contributed by atoms with Crippen molar-refractivity contribution < 1.29 is 18.7 Å². The van der Waals surface area contributed by atoms with Crippen LogP contribution in [0.2, 0.25) is 0 Å². The number of Topliss-reactive ketones (excluding diaryl/α,β-unsaturated/α-hetero) is 1. The van der Waals surface area contributed by atoms with Crippen molar-refractivity contribution in [2.24, 2.45) is 0 Å². The number of carbonyl (C=O) groups is 2. The molecule has 0 saturated heterocycles. The molecule has 80 valence electrons. The topological polar surface area (TPSA) is 43.4 Å². The molecule has 0 amide bonds. The minimum absolute atomic E-state index is 0.0151. The van der Waals surface area contributed by atoms with E-state index in [4.69, 9.17) is 0 Å². The fourth-order valence-electron chi connectivity index (χ4n) is 1.72. The molecule has 0 aromatic carbocycles. The Morgan fingerprint density at radius 3 is 2.86 bits per heavy atom. The van der Waals surface area contributed by atoms with E-state index in [-0.39, 0.29) is 25.0 Å². The van der Waals surface area contributed by atoms with Crippen molar-refractivity contribution >= 4 is 11.8 Å². The number of alkyl halides is 1. The molecule has 0 aromatic heterocycles. The first kappa shape index (κ1) is 11.1. The van der Waals surface area contributed by atoms with Crippen LogP contribution in [0.3, 0.4) is 0 Å². The minimum atomic E-state index is -1.77. The van der Waals surface area contributed by atoms with Crippen molar-refractivity contribution in [3.8, 4) is 0 Å². The highest BCUT2D eigenvalue weighted by Gasteiger charge is 2.39. The van der Waals surface area contributed by atoms with Gasteiger partial charge in [0.1, 0.15) is 0 Å². The van der Waals surface area contributed by atoms with Crippen molar-refractivity contribution in [2.45, 2.75) is 44.2 Å². The van der Waals surface area contributed by atoms with Gasteiger partial charge in [0.2, 0.25) is 0 Å². The number of hydrogen-bond acceptors (Lipinski definition) is 3. The largest absolute Gasteiger partial charge is 0.469 e. The summed E-state index contributed by atoms with van der Waals surface area (Å²) in [6.07, 6.45) is 2.00. The first-order valence-electron chi connectivity index (χ1n) is 4.87. The lowest BCUT2D eigenvalue weighted by Crippen LogP contribution is -2.37. The molecule has 1 aliphatic rings. The number of carbonyl (C=O) groups excluding carboxylic acids is 2. The number of ether oxygens (including phenoxy) is 1. The van der Waals surface area contributed by atoms with Gasteiger partial charge in [0.15, 0.2) is 11.5 Å². The maximum Gasteiger partial charge on any atom is 0.305 e. The highest BCUT2D eigenvalue weighted by atomic mass is 19.1. The highest BCUT2D eigenvalue weighted by molar-refractivity contribution is 5.88. The molecule has 14 heavy (non-hydrogen) atoms. The molecule has 0 aromatic rings. The first-order chi connectivity index (χ1) is 6.58. The first-order valence-corrected chi connectivity index (χ1v) is 4.87. The van der Waals surface area contributed by atoms with Crippen LogP contribution in [0.5, 0.6) is 0 Å². The number of rotatable bonds is 3. The third-order valence-corrected chi connectivity index (χ3v) is 2.68. The molecule has 1 rings (SSSR count). The van der Waals surface area contributed by atoms with Gasteiger partial charge in [-0.15, -0.1) is 0 Å². The van der Waals surface area contributed by atoms with E-state index in [2.05, 4.69) is 4.74 Å². The summed E-state index contributed by atoms with van der Waals surface area (Å²) in [4.78, 5) is 22.1. The lowest BCUT2D eigenvalue weighted by molar-refractivity contribution is -0.143. The van der Waals surface area contributed by atoms with E-state index in [9.17, 15) is 14.0 Å². The summed E-state index contributed by atoms with van der Waals surface area (Å²) in [5.41, 5.74) is -1.77. The minimum Gasteiger partial charge on any atom is -0.469 e. The van der Waals surface area contributed by atoms with Crippen LogP contribution < -0.4 is 0 Å². The number of esters is 1. The van der Waals surface area contributed by atoms with E-state index in [1.807, 2.05) is 0 Å². The van der Waals surface area contributed by atoms with E-state index in [0.29, 0.717) is 6.42 Å². The lowest BCUT2D eigenvalue weighted by atomic mass is 9.82. The average Bonchev–Trinajstić information content (AvgIpc) is 2.19. The van der Waals surface area contributed by atoms with Gasteiger partial charge in [-0.25, -0.2) is 4.39 Å². The summed E-state index contributed by atoms with van der Waals surface area (Å²) in [7, 11) is 1.26. The zero-order valence-electron chi connectivity index (χ0n) is 8.35. The van der Waals surface area contributed by atoms with Crippen LogP contribution in [-0.4, -0.2) is 24.5 Å². The van der Waals surface area contributed by atoms with Gasteiger partial charge < -0.3 is 4.74 Å². The molecule has 1 atom stereocenters. The summed E-state index contributed by atoms with van der Waals surface area (Å²) in [5.74, 6) is -0.812. The van der Waals surface area contributed by atoms with Crippen LogP contribution >= 0.6 is 0 Å². The molecule has 4 heteroatoms. The average molecular weight is 202 g/mol. The maximum atomic E-state index is 13.9. The van der Waals surface area contributed by atoms with Gasteiger partial charge >= 0.3 is 5.97 Å². The molecular formula is C10H15FO3. The Morgan fingerprint density at radius 2 is 2.29 bits per heavy atom. The van der Waals surface area contributed by atoms with Crippen molar-refractivity contribution in [1.29, 1.82) is 0 Å².